The highest BCUT2D eigenvalue weighted by atomic mass is 16.1. The molecule has 0 aliphatic rings. The Morgan fingerprint density at radius 3 is 2.43 bits per heavy atom. The molecule has 0 rings (SSSR count). The van der Waals surface area contributed by atoms with E-state index in [9.17, 15) is 14.4 Å². The van der Waals surface area contributed by atoms with Crippen LogP contribution in [0.2, 0.25) is 0 Å². The van der Waals surface area contributed by atoms with Crippen molar-refractivity contribution in [3.63, 3.8) is 0 Å². The van der Waals surface area contributed by atoms with Crippen molar-refractivity contribution in [2.24, 2.45) is 10.9 Å². The number of hydrogen-bond acceptors (Lipinski definition) is 4. The van der Waals surface area contributed by atoms with Crippen molar-refractivity contribution in [2.75, 3.05) is 6.54 Å². The van der Waals surface area contributed by atoms with E-state index in [-0.39, 0.29) is 5.92 Å². The highest BCUT2D eigenvalue weighted by Gasteiger charge is 2.07. The third kappa shape index (κ3) is 7.37. The van der Waals surface area contributed by atoms with Gasteiger partial charge < -0.3 is 9.59 Å². The van der Waals surface area contributed by atoms with Crippen molar-refractivity contribution < 1.29 is 14.4 Å². The molecule has 0 radical (unpaired) electrons. The quantitative estimate of drug-likeness (QED) is 0.242. The average Bonchev–Trinajstić information content (AvgIpc) is 2.21. The Morgan fingerprint density at radius 2 is 1.86 bits per heavy atom. The first-order valence-corrected chi connectivity index (χ1v) is 4.76. The van der Waals surface area contributed by atoms with Crippen LogP contribution in [0.3, 0.4) is 0 Å². The van der Waals surface area contributed by atoms with Gasteiger partial charge >= 0.3 is 0 Å². The minimum absolute atomic E-state index is 0.224. The van der Waals surface area contributed by atoms with Crippen molar-refractivity contribution in [1.82, 2.24) is 0 Å². The van der Waals surface area contributed by atoms with E-state index in [1.54, 1.807) is 0 Å². The number of unbranched alkanes of at least 4 members (excludes halogenated alkanes) is 1. The summed E-state index contributed by atoms with van der Waals surface area (Å²) in [6.07, 6.45) is 6.59. The Morgan fingerprint density at radius 1 is 1.14 bits per heavy atom. The van der Waals surface area contributed by atoms with Gasteiger partial charge in [-0.3, -0.25) is 0 Å². The first-order valence-electron chi connectivity index (χ1n) is 4.76. The largest absolute Gasteiger partial charge is 0.303 e. The van der Waals surface area contributed by atoms with Crippen molar-refractivity contribution >= 4 is 18.7 Å². The number of carbonyl (C=O) groups is 2. The van der Waals surface area contributed by atoms with Crippen LogP contribution < -0.4 is 0 Å². The number of carbonyl (C=O) groups excluding carboxylic acids is 3. The first-order chi connectivity index (χ1) is 6.85. The maximum atomic E-state index is 10.1. The summed E-state index contributed by atoms with van der Waals surface area (Å²) in [6.45, 7) is 0.413. The number of aliphatic imine (C=N–C) groups is 1. The summed E-state index contributed by atoms with van der Waals surface area (Å²) < 4.78 is 0. The zero-order valence-electron chi connectivity index (χ0n) is 8.15. The Labute approximate surface area is 83.4 Å². The van der Waals surface area contributed by atoms with Crippen LogP contribution in [0.15, 0.2) is 4.99 Å². The topological polar surface area (TPSA) is 63.6 Å². The van der Waals surface area contributed by atoms with Crippen molar-refractivity contribution in [1.29, 1.82) is 0 Å². The molecule has 1 atom stereocenters. The van der Waals surface area contributed by atoms with Crippen LogP contribution in [-0.2, 0) is 14.4 Å². The normalized spacial score (nSPS) is 11.4. The number of aldehydes is 2. The van der Waals surface area contributed by atoms with Gasteiger partial charge in [0.15, 0.2) is 0 Å². The number of nitrogens with zero attached hydrogens (tertiary/aromatic N) is 1. The molecule has 14 heavy (non-hydrogen) atoms. The molecule has 0 aromatic carbocycles. The molecule has 0 amide bonds. The fraction of sp³-hybridized carbons (Fsp3) is 0.700. The van der Waals surface area contributed by atoms with E-state index >= 15 is 0 Å². The first kappa shape index (κ1) is 12.7. The van der Waals surface area contributed by atoms with Crippen LogP contribution >= 0.6 is 0 Å². The lowest BCUT2D eigenvalue weighted by molar-refractivity contribution is -0.109. The monoisotopic (exact) mass is 197 g/mol. The second-order valence-corrected chi connectivity index (χ2v) is 3.14. The molecule has 4 nitrogen and oxygen atoms in total. The van der Waals surface area contributed by atoms with Crippen molar-refractivity contribution in [2.45, 2.75) is 32.1 Å². The minimum atomic E-state index is 0.224. The predicted octanol–water partition coefficient (Wildman–Crippen LogP) is 1.29. The molecule has 0 spiro atoms. The molecular weight excluding hydrogens is 182 g/mol. The highest BCUT2D eigenvalue weighted by molar-refractivity contribution is 5.49. The Bertz CT molecular complexity index is 209. The third-order valence-corrected chi connectivity index (χ3v) is 2.04. The highest BCUT2D eigenvalue weighted by Crippen LogP contribution is 2.14. The summed E-state index contributed by atoms with van der Waals surface area (Å²) in [5, 5.41) is 0. The molecular formula is C10H15NO3. The van der Waals surface area contributed by atoms with Gasteiger partial charge in [-0.1, -0.05) is 0 Å². The van der Waals surface area contributed by atoms with Gasteiger partial charge in [0.1, 0.15) is 12.6 Å². The lowest BCUT2D eigenvalue weighted by Gasteiger charge is -2.10. The van der Waals surface area contributed by atoms with Gasteiger partial charge in [0.25, 0.3) is 0 Å². The molecule has 0 bridgehead atoms. The average molecular weight is 197 g/mol. The molecule has 0 aromatic heterocycles. The Kier molecular flexibility index (Phi) is 8.91. The smallest absolute Gasteiger partial charge is 0.234 e. The van der Waals surface area contributed by atoms with Gasteiger partial charge in [0.2, 0.25) is 6.08 Å². The number of isocyanates is 1. The van der Waals surface area contributed by atoms with E-state index < -0.39 is 0 Å². The van der Waals surface area contributed by atoms with Crippen LogP contribution in [0.4, 0.5) is 0 Å². The summed E-state index contributed by atoms with van der Waals surface area (Å²) in [5.41, 5.74) is 0. The zero-order chi connectivity index (χ0) is 10.6. The molecule has 0 fully saturated rings. The number of hydrogen-bond donors (Lipinski definition) is 0. The molecule has 0 N–H and O–H groups in total. The molecule has 1 unspecified atom stereocenters. The molecule has 0 heterocycles. The van der Waals surface area contributed by atoms with Gasteiger partial charge in [-0.05, 0) is 25.2 Å². The summed E-state index contributed by atoms with van der Waals surface area (Å²) >= 11 is 0. The second-order valence-electron chi connectivity index (χ2n) is 3.14. The van der Waals surface area contributed by atoms with Crippen LogP contribution in [0.5, 0.6) is 0 Å². The number of rotatable bonds is 9. The van der Waals surface area contributed by atoms with E-state index in [2.05, 4.69) is 4.99 Å². The van der Waals surface area contributed by atoms with E-state index in [4.69, 9.17) is 0 Å². The fourth-order valence-electron chi connectivity index (χ4n) is 1.29. The molecule has 0 saturated carbocycles. The SMILES string of the molecule is O=C=NCC(CCC=O)CCCC=O. The maximum absolute atomic E-state index is 10.1. The Hall–Kier alpha value is -1.28. The molecule has 0 saturated heterocycles. The van der Waals surface area contributed by atoms with Crippen LogP contribution in [-0.4, -0.2) is 25.2 Å². The fourth-order valence-corrected chi connectivity index (χ4v) is 1.29. The zero-order valence-corrected chi connectivity index (χ0v) is 8.15. The summed E-state index contributed by atoms with van der Waals surface area (Å²) in [4.78, 5) is 33.6. The standard InChI is InChI=1S/C10H15NO3/c12-6-2-1-4-10(5-3-7-13)8-11-9-14/h6-7,10H,1-5,8H2. The lowest BCUT2D eigenvalue weighted by atomic mass is 9.97. The second kappa shape index (κ2) is 9.81. The van der Waals surface area contributed by atoms with E-state index in [0.29, 0.717) is 19.4 Å². The van der Waals surface area contributed by atoms with E-state index in [0.717, 1.165) is 31.8 Å². The van der Waals surface area contributed by atoms with Crippen LogP contribution in [0.25, 0.3) is 0 Å². The van der Waals surface area contributed by atoms with Gasteiger partial charge in [-0.2, -0.15) is 0 Å². The summed E-state index contributed by atoms with van der Waals surface area (Å²) in [7, 11) is 0. The molecule has 0 aliphatic carbocycles. The molecule has 0 aliphatic heterocycles. The van der Waals surface area contributed by atoms with E-state index in [1.165, 1.54) is 6.08 Å². The van der Waals surface area contributed by atoms with Crippen molar-refractivity contribution in [3.05, 3.63) is 0 Å². The van der Waals surface area contributed by atoms with Gasteiger partial charge in [-0.25, -0.2) is 9.79 Å². The van der Waals surface area contributed by atoms with Crippen LogP contribution in [0.1, 0.15) is 32.1 Å². The van der Waals surface area contributed by atoms with E-state index in [1.807, 2.05) is 0 Å². The molecule has 78 valence electrons. The lowest BCUT2D eigenvalue weighted by Crippen LogP contribution is -2.05. The minimum Gasteiger partial charge on any atom is -0.303 e. The molecule has 0 aromatic rings. The van der Waals surface area contributed by atoms with Gasteiger partial charge in [-0.15, -0.1) is 0 Å². The predicted molar refractivity (Wildman–Crippen MR) is 51.7 cm³/mol. The maximum Gasteiger partial charge on any atom is 0.234 e. The Balaban J connectivity index is 3.75. The van der Waals surface area contributed by atoms with Gasteiger partial charge in [0.05, 0.1) is 6.54 Å². The summed E-state index contributed by atoms with van der Waals surface area (Å²) in [5.74, 6) is 0.224. The van der Waals surface area contributed by atoms with Gasteiger partial charge in [0, 0.05) is 12.8 Å². The van der Waals surface area contributed by atoms with Crippen molar-refractivity contribution in [3.8, 4) is 0 Å². The molecule has 4 heteroatoms. The third-order valence-electron chi connectivity index (χ3n) is 2.04. The summed E-state index contributed by atoms with van der Waals surface area (Å²) in [6, 6.07) is 0. The van der Waals surface area contributed by atoms with Crippen LogP contribution in [0, 0.1) is 5.92 Å².